The van der Waals surface area contributed by atoms with Crippen LogP contribution in [-0.4, -0.2) is 46.0 Å². The van der Waals surface area contributed by atoms with E-state index in [9.17, 15) is 9.59 Å². The number of piperidine rings is 1. The number of likely N-dealkylation sites (tertiary alicyclic amines) is 1. The molecule has 4 rings (SSSR count). The number of nitrogens with one attached hydrogen (secondary N) is 1. The van der Waals surface area contributed by atoms with Gasteiger partial charge in [-0.05, 0) is 50.8 Å². The lowest BCUT2D eigenvalue weighted by atomic mass is 10.0. The molecule has 1 amide bonds. The van der Waals surface area contributed by atoms with Crippen LogP contribution < -0.4 is 10.9 Å². The van der Waals surface area contributed by atoms with Crippen molar-refractivity contribution < 1.29 is 4.79 Å². The third-order valence-corrected chi connectivity index (χ3v) is 5.86. The second kappa shape index (κ2) is 8.43. The van der Waals surface area contributed by atoms with Crippen LogP contribution in [0.25, 0.3) is 10.9 Å². The minimum Gasteiger partial charge on any atom is -0.353 e. The van der Waals surface area contributed by atoms with Crippen molar-refractivity contribution >= 4 is 16.8 Å². The van der Waals surface area contributed by atoms with Crippen molar-refractivity contribution in [1.29, 1.82) is 0 Å². The summed E-state index contributed by atoms with van der Waals surface area (Å²) in [4.78, 5) is 32.6. The lowest BCUT2D eigenvalue weighted by Gasteiger charge is -2.32. The van der Waals surface area contributed by atoms with Crippen molar-refractivity contribution in [3.05, 3.63) is 40.4 Å². The lowest BCUT2D eigenvalue weighted by Crippen LogP contribution is -2.44. The van der Waals surface area contributed by atoms with Crippen molar-refractivity contribution in [2.75, 3.05) is 19.6 Å². The summed E-state index contributed by atoms with van der Waals surface area (Å²) in [7, 11) is 0. The molecule has 0 unspecified atom stereocenters. The highest BCUT2D eigenvalue weighted by atomic mass is 16.1. The van der Waals surface area contributed by atoms with Gasteiger partial charge in [-0.2, -0.15) is 0 Å². The van der Waals surface area contributed by atoms with Gasteiger partial charge < -0.3 is 10.2 Å². The Kier molecular flexibility index (Phi) is 5.76. The zero-order chi connectivity index (χ0) is 19.5. The summed E-state index contributed by atoms with van der Waals surface area (Å²) in [6.07, 6.45) is 6.16. The predicted molar refractivity (Wildman–Crippen MR) is 110 cm³/mol. The van der Waals surface area contributed by atoms with Crippen molar-refractivity contribution in [3.63, 3.8) is 0 Å². The van der Waals surface area contributed by atoms with Gasteiger partial charge in [-0.3, -0.25) is 14.2 Å². The fourth-order valence-electron chi connectivity index (χ4n) is 4.22. The van der Waals surface area contributed by atoms with Gasteiger partial charge in [0.1, 0.15) is 5.82 Å². The third-order valence-electron chi connectivity index (χ3n) is 5.86. The molecule has 2 fully saturated rings. The van der Waals surface area contributed by atoms with Gasteiger partial charge in [0.25, 0.3) is 5.56 Å². The summed E-state index contributed by atoms with van der Waals surface area (Å²) in [6, 6.07) is 8.02. The number of hydrogen-bond donors (Lipinski definition) is 1. The first kappa shape index (κ1) is 19.1. The Hall–Kier alpha value is -2.21. The zero-order valence-corrected chi connectivity index (χ0v) is 16.7. The highest BCUT2D eigenvalue weighted by molar-refractivity contribution is 5.78. The molecular weight excluding hydrogens is 352 g/mol. The maximum Gasteiger partial charge on any atom is 0.261 e. The van der Waals surface area contributed by atoms with Crippen LogP contribution in [0.1, 0.15) is 57.3 Å². The predicted octanol–water partition coefficient (Wildman–Crippen LogP) is 2.65. The Bertz CT molecular complexity index is 895. The fourth-order valence-corrected chi connectivity index (χ4v) is 4.22. The summed E-state index contributed by atoms with van der Waals surface area (Å²) in [5.41, 5.74) is 0.759. The Labute approximate surface area is 165 Å². The molecule has 0 atom stereocenters. The average molecular weight is 383 g/mol. The van der Waals surface area contributed by atoms with Crippen molar-refractivity contribution in [2.45, 2.75) is 64.0 Å². The van der Waals surface area contributed by atoms with Crippen molar-refractivity contribution in [1.82, 2.24) is 19.8 Å². The molecular formula is C22H30N4O2. The van der Waals surface area contributed by atoms with E-state index in [0.717, 1.165) is 56.7 Å². The second-order valence-electron chi connectivity index (χ2n) is 8.13. The van der Waals surface area contributed by atoms with Gasteiger partial charge in [0.05, 0.1) is 10.9 Å². The van der Waals surface area contributed by atoms with E-state index in [1.54, 1.807) is 0 Å². The van der Waals surface area contributed by atoms with E-state index in [1.165, 1.54) is 6.42 Å². The summed E-state index contributed by atoms with van der Waals surface area (Å²) >= 11 is 0. The second-order valence-corrected chi connectivity index (χ2v) is 8.13. The molecule has 150 valence electrons. The van der Waals surface area contributed by atoms with E-state index in [0.29, 0.717) is 18.2 Å². The molecule has 1 N–H and O–H groups in total. The number of fused-ring (bicyclic) bond motifs is 1. The molecule has 6 nitrogen and oxygen atoms in total. The van der Waals surface area contributed by atoms with Crippen LogP contribution in [0.4, 0.5) is 0 Å². The molecule has 0 radical (unpaired) electrons. The quantitative estimate of drug-likeness (QED) is 0.799. The monoisotopic (exact) mass is 382 g/mol. The first-order valence-electron chi connectivity index (χ1n) is 10.7. The number of rotatable bonds is 7. The van der Waals surface area contributed by atoms with E-state index in [4.69, 9.17) is 4.98 Å². The summed E-state index contributed by atoms with van der Waals surface area (Å²) < 4.78 is 1.83. The molecule has 0 spiro atoms. The molecule has 2 aliphatic rings. The van der Waals surface area contributed by atoms with Gasteiger partial charge in [-0.25, -0.2) is 4.98 Å². The van der Waals surface area contributed by atoms with E-state index in [2.05, 4.69) is 17.1 Å². The van der Waals surface area contributed by atoms with Gasteiger partial charge in [0.2, 0.25) is 5.91 Å². The van der Waals surface area contributed by atoms with Gasteiger partial charge in [-0.1, -0.05) is 19.1 Å². The van der Waals surface area contributed by atoms with Crippen LogP contribution in [0, 0.1) is 0 Å². The molecule has 28 heavy (non-hydrogen) atoms. The number of aryl methyl sites for hydroxylation is 1. The number of hydrogen-bond acceptors (Lipinski definition) is 4. The SMILES string of the molecule is CCCN1CCC(NC(=O)CCc2nc3ccccc3c(=O)n2C2CC2)CC1. The van der Waals surface area contributed by atoms with Crippen LogP contribution in [0.2, 0.25) is 0 Å². The number of carbonyl (C=O) groups excluding carboxylic acids is 1. The molecule has 1 aromatic carbocycles. The maximum absolute atomic E-state index is 12.9. The molecule has 1 saturated carbocycles. The fraction of sp³-hybridized carbons (Fsp3) is 0.591. The Balaban J connectivity index is 1.39. The van der Waals surface area contributed by atoms with Crippen molar-refractivity contribution in [3.8, 4) is 0 Å². The smallest absolute Gasteiger partial charge is 0.261 e. The Morgan fingerprint density at radius 1 is 1.18 bits per heavy atom. The number of amides is 1. The topological polar surface area (TPSA) is 67.2 Å². The average Bonchev–Trinajstić information content (AvgIpc) is 3.53. The van der Waals surface area contributed by atoms with Crippen LogP contribution in [0.5, 0.6) is 0 Å². The standard InChI is InChI=1S/C22H30N4O2/c1-2-13-25-14-11-16(12-15-25)23-21(27)10-9-20-24-19-6-4-3-5-18(19)22(28)26(20)17-7-8-17/h3-6,16-17H,2,7-15H2,1H3,(H,23,27). The minimum absolute atomic E-state index is 0.0341. The molecule has 1 aliphatic heterocycles. The number of carbonyl (C=O) groups is 1. The number of nitrogens with zero attached hydrogens (tertiary/aromatic N) is 3. The highest BCUT2D eigenvalue weighted by Crippen LogP contribution is 2.34. The summed E-state index contributed by atoms with van der Waals surface area (Å²) in [6.45, 7) is 5.47. The zero-order valence-electron chi connectivity index (χ0n) is 16.7. The van der Waals surface area contributed by atoms with E-state index in [1.807, 2.05) is 28.8 Å². The van der Waals surface area contributed by atoms with Gasteiger partial charge in [-0.15, -0.1) is 0 Å². The lowest BCUT2D eigenvalue weighted by molar-refractivity contribution is -0.122. The molecule has 1 aliphatic carbocycles. The molecule has 6 heteroatoms. The molecule has 0 bridgehead atoms. The highest BCUT2D eigenvalue weighted by Gasteiger charge is 2.28. The van der Waals surface area contributed by atoms with Crippen LogP contribution in [-0.2, 0) is 11.2 Å². The van der Waals surface area contributed by atoms with Crippen LogP contribution in [0.3, 0.4) is 0 Å². The van der Waals surface area contributed by atoms with Crippen LogP contribution >= 0.6 is 0 Å². The largest absolute Gasteiger partial charge is 0.353 e. The summed E-state index contributed by atoms with van der Waals surface area (Å²) in [5, 5.41) is 3.86. The van der Waals surface area contributed by atoms with E-state index >= 15 is 0 Å². The molecule has 2 aromatic rings. The first-order chi connectivity index (χ1) is 13.7. The van der Waals surface area contributed by atoms with Gasteiger partial charge >= 0.3 is 0 Å². The van der Waals surface area contributed by atoms with Gasteiger partial charge in [0, 0.05) is 38.0 Å². The van der Waals surface area contributed by atoms with Crippen molar-refractivity contribution in [2.24, 2.45) is 0 Å². The first-order valence-corrected chi connectivity index (χ1v) is 10.7. The Morgan fingerprint density at radius 2 is 1.93 bits per heavy atom. The number of aromatic nitrogens is 2. The normalized spacial score (nSPS) is 18.5. The van der Waals surface area contributed by atoms with Crippen LogP contribution in [0.15, 0.2) is 29.1 Å². The van der Waals surface area contributed by atoms with E-state index in [-0.39, 0.29) is 23.6 Å². The molecule has 1 aromatic heterocycles. The number of benzene rings is 1. The molecule has 2 heterocycles. The summed E-state index contributed by atoms with van der Waals surface area (Å²) in [5.74, 6) is 0.817. The minimum atomic E-state index is 0.0341. The Morgan fingerprint density at radius 3 is 2.64 bits per heavy atom. The third kappa shape index (κ3) is 4.27. The van der Waals surface area contributed by atoms with Gasteiger partial charge in [0.15, 0.2) is 0 Å². The molecule has 1 saturated heterocycles. The maximum atomic E-state index is 12.9. The number of para-hydroxylation sites is 1. The van der Waals surface area contributed by atoms with E-state index < -0.39 is 0 Å².